The Labute approximate surface area is 155 Å². The smallest absolute Gasteiger partial charge is 0.272 e. The molecule has 7 nitrogen and oxygen atoms in total. The van der Waals surface area contributed by atoms with E-state index >= 15 is 0 Å². The largest absolute Gasteiger partial charge is 0.349 e. The Morgan fingerprint density at radius 1 is 1.19 bits per heavy atom. The predicted octanol–water partition coefficient (Wildman–Crippen LogP) is 1.40. The van der Waals surface area contributed by atoms with Crippen LogP contribution >= 0.6 is 0 Å². The zero-order valence-corrected chi connectivity index (χ0v) is 14.8. The average Bonchev–Trinajstić information content (AvgIpc) is 3.13. The van der Waals surface area contributed by atoms with Crippen molar-refractivity contribution in [1.29, 1.82) is 0 Å². The minimum Gasteiger partial charge on any atom is -0.349 e. The number of fused-ring (bicyclic) bond motifs is 5. The molecular formula is C20H21N5O2. The van der Waals surface area contributed by atoms with Gasteiger partial charge in [-0.1, -0.05) is 24.3 Å². The van der Waals surface area contributed by atoms with E-state index in [1.807, 2.05) is 41.0 Å². The molecule has 0 saturated carbocycles. The van der Waals surface area contributed by atoms with Crippen LogP contribution in [-0.4, -0.2) is 40.3 Å². The Bertz CT molecular complexity index is 1070. The van der Waals surface area contributed by atoms with Gasteiger partial charge in [0.25, 0.3) is 11.5 Å². The van der Waals surface area contributed by atoms with E-state index in [2.05, 4.69) is 20.8 Å². The number of aromatic nitrogens is 3. The van der Waals surface area contributed by atoms with Crippen LogP contribution in [0.5, 0.6) is 0 Å². The molecule has 1 saturated heterocycles. The summed E-state index contributed by atoms with van der Waals surface area (Å²) in [7, 11) is 0. The molecule has 5 rings (SSSR count). The SMILES string of the molecule is O=C(NC[C@H]1[C@@H]2CNC[C@@H](C2)c2cccc(=O)n21)c1n[nH]c2ccccc12. The minimum absolute atomic E-state index is 0.00793. The number of pyridine rings is 1. The number of nitrogens with zero attached hydrogens (tertiary/aromatic N) is 2. The lowest BCUT2D eigenvalue weighted by molar-refractivity contribution is 0.0929. The molecule has 1 fully saturated rings. The van der Waals surface area contributed by atoms with Gasteiger partial charge in [0.15, 0.2) is 5.69 Å². The maximum Gasteiger partial charge on any atom is 0.272 e. The molecule has 3 atom stereocenters. The molecule has 1 amide bonds. The number of rotatable bonds is 3. The first kappa shape index (κ1) is 16.3. The van der Waals surface area contributed by atoms with Crippen molar-refractivity contribution < 1.29 is 4.79 Å². The Balaban J connectivity index is 1.43. The lowest BCUT2D eigenvalue weighted by Gasteiger charge is -2.43. The minimum atomic E-state index is -0.219. The molecule has 27 heavy (non-hydrogen) atoms. The Hall–Kier alpha value is -2.93. The van der Waals surface area contributed by atoms with Crippen LogP contribution in [-0.2, 0) is 0 Å². The Morgan fingerprint density at radius 2 is 2.07 bits per heavy atom. The van der Waals surface area contributed by atoms with Gasteiger partial charge in [0.05, 0.1) is 11.6 Å². The second-order valence-corrected chi connectivity index (χ2v) is 7.41. The lowest BCUT2D eigenvalue weighted by atomic mass is 9.79. The number of carbonyl (C=O) groups excluding carboxylic acids is 1. The Morgan fingerprint density at radius 3 is 3.00 bits per heavy atom. The van der Waals surface area contributed by atoms with Crippen LogP contribution in [0.4, 0.5) is 0 Å². The van der Waals surface area contributed by atoms with Crippen LogP contribution in [0.2, 0.25) is 0 Å². The number of para-hydroxylation sites is 1. The van der Waals surface area contributed by atoms with E-state index in [1.165, 1.54) is 0 Å². The summed E-state index contributed by atoms with van der Waals surface area (Å²) in [6, 6.07) is 13.0. The van der Waals surface area contributed by atoms with Crippen LogP contribution < -0.4 is 16.2 Å². The second-order valence-electron chi connectivity index (χ2n) is 7.41. The Kier molecular flexibility index (Phi) is 3.82. The maximum atomic E-state index is 12.7. The van der Waals surface area contributed by atoms with Crippen molar-refractivity contribution in [2.24, 2.45) is 5.92 Å². The normalized spacial score (nSPS) is 23.8. The highest BCUT2D eigenvalue weighted by Crippen LogP contribution is 2.38. The van der Waals surface area contributed by atoms with Gasteiger partial charge in [0, 0.05) is 42.7 Å². The van der Waals surface area contributed by atoms with Crippen molar-refractivity contribution in [3.63, 3.8) is 0 Å². The van der Waals surface area contributed by atoms with E-state index in [0.717, 1.165) is 36.1 Å². The van der Waals surface area contributed by atoms with Crippen molar-refractivity contribution >= 4 is 16.8 Å². The molecule has 2 bridgehead atoms. The van der Waals surface area contributed by atoms with E-state index < -0.39 is 0 Å². The highest BCUT2D eigenvalue weighted by molar-refractivity contribution is 6.04. The third-order valence-electron chi connectivity index (χ3n) is 5.86. The standard InChI is InChI=1S/C20H21N5O2/c26-18-7-3-6-16-12-8-13(10-21-9-12)17(25(16)18)11-22-20(27)19-14-4-1-2-5-15(14)23-24-19/h1-7,12-13,17,21H,8-11H2,(H,22,27)(H,23,24)/t12-,13+,17+/m1/s1. The van der Waals surface area contributed by atoms with Gasteiger partial charge in [-0.15, -0.1) is 0 Å². The number of H-pyrrole nitrogens is 1. The van der Waals surface area contributed by atoms with Crippen molar-refractivity contribution in [2.45, 2.75) is 18.4 Å². The summed E-state index contributed by atoms with van der Waals surface area (Å²) >= 11 is 0. The van der Waals surface area contributed by atoms with E-state index in [4.69, 9.17) is 0 Å². The van der Waals surface area contributed by atoms with Gasteiger partial charge in [0.2, 0.25) is 0 Å². The number of aromatic amines is 1. The van der Waals surface area contributed by atoms with Gasteiger partial charge >= 0.3 is 0 Å². The van der Waals surface area contributed by atoms with E-state index in [-0.39, 0.29) is 17.5 Å². The molecular weight excluding hydrogens is 342 g/mol. The fraction of sp³-hybridized carbons (Fsp3) is 0.350. The molecule has 138 valence electrons. The van der Waals surface area contributed by atoms with Crippen LogP contribution in [0.15, 0.2) is 47.3 Å². The highest BCUT2D eigenvalue weighted by Gasteiger charge is 2.37. The fourth-order valence-electron chi connectivity index (χ4n) is 4.58. The third kappa shape index (κ3) is 2.66. The quantitative estimate of drug-likeness (QED) is 0.656. The number of hydrogen-bond donors (Lipinski definition) is 3. The highest BCUT2D eigenvalue weighted by atomic mass is 16.2. The number of benzene rings is 1. The number of nitrogens with one attached hydrogen (secondary N) is 3. The van der Waals surface area contributed by atoms with Gasteiger partial charge in [-0.05, 0) is 24.5 Å². The molecule has 0 spiro atoms. The van der Waals surface area contributed by atoms with Crippen molar-refractivity contribution in [3.05, 3.63) is 64.2 Å². The van der Waals surface area contributed by atoms with Crippen LogP contribution in [0.25, 0.3) is 10.9 Å². The zero-order chi connectivity index (χ0) is 18.4. The summed E-state index contributed by atoms with van der Waals surface area (Å²) in [6.45, 7) is 2.18. The van der Waals surface area contributed by atoms with E-state index in [1.54, 1.807) is 6.07 Å². The molecule has 0 aliphatic carbocycles. The summed E-state index contributed by atoms with van der Waals surface area (Å²) in [5.41, 5.74) is 2.30. The van der Waals surface area contributed by atoms with Crippen LogP contribution in [0.3, 0.4) is 0 Å². The summed E-state index contributed by atoms with van der Waals surface area (Å²) < 4.78 is 1.89. The molecule has 4 heterocycles. The van der Waals surface area contributed by atoms with Gasteiger partial charge in [0.1, 0.15) is 0 Å². The second kappa shape index (κ2) is 6.35. The molecule has 3 aromatic rings. The molecule has 2 aliphatic rings. The lowest BCUT2D eigenvalue weighted by Crippen LogP contribution is -2.50. The van der Waals surface area contributed by atoms with Crippen LogP contribution in [0.1, 0.15) is 34.6 Å². The first-order chi connectivity index (χ1) is 13.2. The monoisotopic (exact) mass is 363 g/mol. The fourth-order valence-corrected chi connectivity index (χ4v) is 4.58. The number of carbonyl (C=O) groups is 1. The predicted molar refractivity (Wildman–Crippen MR) is 102 cm³/mol. The summed E-state index contributed by atoms with van der Waals surface area (Å²) in [6.07, 6.45) is 1.04. The molecule has 2 aliphatic heterocycles. The molecule has 1 aromatic carbocycles. The number of hydrogen-bond acceptors (Lipinski definition) is 4. The topological polar surface area (TPSA) is 91.8 Å². The van der Waals surface area contributed by atoms with Crippen molar-refractivity contribution in [2.75, 3.05) is 19.6 Å². The zero-order valence-electron chi connectivity index (χ0n) is 14.8. The summed E-state index contributed by atoms with van der Waals surface area (Å²) in [4.78, 5) is 25.3. The maximum absolute atomic E-state index is 12.7. The summed E-state index contributed by atoms with van der Waals surface area (Å²) in [5, 5.41) is 14.3. The van der Waals surface area contributed by atoms with Gasteiger partial charge in [-0.2, -0.15) is 5.10 Å². The third-order valence-corrected chi connectivity index (χ3v) is 5.86. The molecule has 0 radical (unpaired) electrons. The van der Waals surface area contributed by atoms with E-state index in [0.29, 0.717) is 24.1 Å². The first-order valence-electron chi connectivity index (χ1n) is 9.36. The van der Waals surface area contributed by atoms with Gasteiger partial charge in [-0.25, -0.2) is 0 Å². The van der Waals surface area contributed by atoms with Gasteiger partial charge in [-0.3, -0.25) is 14.7 Å². The summed E-state index contributed by atoms with van der Waals surface area (Å²) in [5.74, 6) is 0.469. The van der Waals surface area contributed by atoms with E-state index in [9.17, 15) is 9.59 Å². The van der Waals surface area contributed by atoms with Crippen molar-refractivity contribution in [3.8, 4) is 0 Å². The molecule has 3 N–H and O–H groups in total. The van der Waals surface area contributed by atoms with Crippen LogP contribution in [0, 0.1) is 5.92 Å². The number of piperidine rings is 1. The molecule has 7 heteroatoms. The first-order valence-corrected chi connectivity index (χ1v) is 9.36. The molecule has 2 aromatic heterocycles. The van der Waals surface area contributed by atoms with Crippen molar-refractivity contribution in [1.82, 2.24) is 25.4 Å². The average molecular weight is 363 g/mol. The molecule has 0 unspecified atom stereocenters. The van der Waals surface area contributed by atoms with Gasteiger partial charge < -0.3 is 15.2 Å². The number of amides is 1.